The number of rotatable bonds is 3. The SMILES string of the molecule is NC(=O)c1cccnc1OC(=O)c1cccnc1. The predicted octanol–water partition coefficient (Wildman–Crippen LogP) is 0.795. The molecule has 2 N–H and O–H groups in total. The van der Waals surface area contributed by atoms with Gasteiger partial charge in [-0.15, -0.1) is 0 Å². The number of nitrogens with two attached hydrogens (primary N) is 1. The Hall–Kier alpha value is -2.76. The van der Waals surface area contributed by atoms with Crippen molar-refractivity contribution in [2.75, 3.05) is 0 Å². The Bertz CT molecular complexity index is 584. The van der Waals surface area contributed by atoms with Gasteiger partial charge >= 0.3 is 5.97 Å². The Balaban J connectivity index is 2.25. The average Bonchev–Trinajstić information content (AvgIpc) is 2.40. The van der Waals surface area contributed by atoms with Crippen LogP contribution < -0.4 is 10.5 Å². The number of nitrogens with zero attached hydrogens (tertiary/aromatic N) is 2. The van der Waals surface area contributed by atoms with Crippen LogP contribution in [0, 0.1) is 0 Å². The summed E-state index contributed by atoms with van der Waals surface area (Å²) in [5.41, 5.74) is 5.46. The molecule has 0 aliphatic heterocycles. The molecule has 6 heteroatoms. The Morgan fingerprint density at radius 1 is 1.17 bits per heavy atom. The first-order valence-electron chi connectivity index (χ1n) is 5.05. The van der Waals surface area contributed by atoms with Crippen molar-refractivity contribution in [1.82, 2.24) is 9.97 Å². The summed E-state index contributed by atoms with van der Waals surface area (Å²) in [5, 5.41) is 0. The lowest BCUT2D eigenvalue weighted by Gasteiger charge is -2.05. The van der Waals surface area contributed by atoms with Gasteiger partial charge in [-0.25, -0.2) is 9.78 Å². The molecule has 0 aliphatic rings. The van der Waals surface area contributed by atoms with E-state index in [0.717, 1.165) is 0 Å². The maximum atomic E-state index is 11.7. The van der Waals surface area contributed by atoms with Gasteiger partial charge in [-0.1, -0.05) is 0 Å². The highest BCUT2D eigenvalue weighted by Gasteiger charge is 2.15. The molecule has 0 aliphatic carbocycles. The third kappa shape index (κ3) is 2.49. The minimum atomic E-state index is -0.711. The molecule has 2 aromatic heterocycles. The molecule has 0 aromatic carbocycles. The highest BCUT2D eigenvalue weighted by molar-refractivity contribution is 5.97. The first-order chi connectivity index (χ1) is 8.68. The number of aromatic nitrogens is 2. The zero-order valence-corrected chi connectivity index (χ0v) is 9.24. The van der Waals surface area contributed by atoms with Gasteiger partial charge in [0.05, 0.1) is 5.56 Å². The van der Waals surface area contributed by atoms with E-state index >= 15 is 0 Å². The van der Waals surface area contributed by atoms with E-state index in [0.29, 0.717) is 0 Å². The summed E-state index contributed by atoms with van der Waals surface area (Å²) in [6.45, 7) is 0. The van der Waals surface area contributed by atoms with Crippen LogP contribution in [0.2, 0.25) is 0 Å². The Morgan fingerprint density at radius 2 is 1.94 bits per heavy atom. The van der Waals surface area contributed by atoms with Crippen LogP contribution in [0.4, 0.5) is 0 Å². The smallest absolute Gasteiger partial charge is 0.346 e. The van der Waals surface area contributed by atoms with E-state index in [-0.39, 0.29) is 17.0 Å². The van der Waals surface area contributed by atoms with E-state index in [1.54, 1.807) is 12.1 Å². The van der Waals surface area contributed by atoms with Crippen molar-refractivity contribution in [3.8, 4) is 5.88 Å². The third-order valence-corrected chi connectivity index (χ3v) is 2.12. The fourth-order valence-corrected chi connectivity index (χ4v) is 1.29. The molecule has 2 rings (SSSR count). The Kier molecular flexibility index (Phi) is 3.29. The van der Waals surface area contributed by atoms with Crippen LogP contribution in [-0.4, -0.2) is 21.8 Å². The number of primary amides is 1. The summed E-state index contributed by atoms with van der Waals surface area (Å²) in [6.07, 6.45) is 4.29. The van der Waals surface area contributed by atoms with Crippen molar-refractivity contribution in [2.45, 2.75) is 0 Å². The van der Waals surface area contributed by atoms with Crippen LogP contribution in [0.25, 0.3) is 0 Å². The topological polar surface area (TPSA) is 95.2 Å². The summed E-state index contributed by atoms with van der Waals surface area (Å²) in [5.74, 6) is -1.47. The van der Waals surface area contributed by atoms with Gasteiger partial charge in [0.15, 0.2) is 0 Å². The molecule has 90 valence electrons. The number of carbonyl (C=O) groups is 2. The maximum Gasteiger partial charge on any atom is 0.346 e. The second-order valence-corrected chi connectivity index (χ2v) is 3.35. The molecule has 1 amide bonds. The molecule has 2 aromatic rings. The number of esters is 1. The lowest BCUT2D eigenvalue weighted by atomic mass is 10.2. The molecule has 6 nitrogen and oxygen atoms in total. The van der Waals surface area contributed by atoms with E-state index in [4.69, 9.17) is 10.5 Å². The van der Waals surface area contributed by atoms with Crippen LogP contribution in [0.1, 0.15) is 20.7 Å². The van der Waals surface area contributed by atoms with Crippen LogP contribution in [0.15, 0.2) is 42.9 Å². The minimum Gasteiger partial charge on any atom is -0.403 e. The number of amides is 1. The van der Waals surface area contributed by atoms with Crippen molar-refractivity contribution >= 4 is 11.9 Å². The van der Waals surface area contributed by atoms with Gasteiger partial charge in [-0.3, -0.25) is 9.78 Å². The van der Waals surface area contributed by atoms with Gasteiger partial charge in [-0.2, -0.15) is 0 Å². The summed E-state index contributed by atoms with van der Waals surface area (Å²) in [7, 11) is 0. The largest absolute Gasteiger partial charge is 0.403 e. The Labute approximate surface area is 102 Å². The van der Waals surface area contributed by atoms with Gasteiger partial charge in [0, 0.05) is 18.6 Å². The highest BCUT2D eigenvalue weighted by atomic mass is 16.5. The number of carbonyl (C=O) groups excluding carboxylic acids is 2. The van der Waals surface area contributed by atoms with Gasteiger partial charge in [-0.05, 0) is 24.3 Å². The number of pyridine rings is 2. The fraction of sp³-hybridized carbons (Fsp3) is 0. The maximum absolute atomic E-state index is 11.7. The van der Waals surface area contributed by atoms with E-state index in [1.165, 1.54) is 30.7 Å². The molecule has 0 spiro atoms. The van der Waals surface area contributed by atoms with Crippen molar-refractivity contribution in [1.29, 1.82) is 0 Å². The van der Waals surface area contributed by atoms with E-state index in [9.17, 15) is 9.59 Å². The van der Waals surface area contributed by atoms with Crippen LogP contribution in [0.5, 0.6) is 5.88 Å². The van der Waals surface area contributed by atoms with E-state index in [1.807, 2.05) is 0 Å². The Morgan fingerprint density at radius 3 is 2.61 bits per heavy atom. The quantitative estimate of drug-likeness (QED) is 0.804. The second kappa shape index (κ2) is 5.05. The van der Waals surface area contributed by atoms with Crippen molar-refractivity contribution in [3.63, 3.8) is 0 Å². The normalized spacial score (nSPS) is 9.78. The average molecular weight is 243 g/mol. The van der Waals surface area contributed by atoms with Crippen molar-refractivity contribution in [3.05, 3.63) is 54.0 Å². The summed E-state index contributed by atoms with van der Waals surface area (Å²) in [4.78, 5) is 30.4. The molecule has 2 heterocycles. The van der Waals surface area contributed by atoms with Gasteiger partial charge in [0.25, 0.3) is 5.91 Å². The van der Waals surface area contributed by atoms with E-state index < -0.39 is 11.9 Å². The van der Waals surface area contributed by atoms with E-state index in [2.05, 4.69) is 9.97 Å². The lowest BCUT2D eigenvalue weighted by Crippen LogP contribution is -2.17. The lowest BCUT2D eigenvalue weighted by molar-refractivity contribution is 0.0725. The predicted molar refractivity (Wildman–Crippen MR) is 62.0 cm³/mol. The fourth-order valence-electron chi connectivity index (χ4n) is 1.29. The molecule has 0 saturated carbocycles. The molecule has 0 atom stereocenters. The molecule has 0 unspecified atom stereocenters. The molecular formula is C12H9N3O3. The molecule has 0 radical (unpaired) electrons. The zero-order valence-electron chi connectivity index (χ0n) is 9.24. The van der Waals surface area contributed by atoms with Gasteiger partial charge < -0.3 is 10.5 Å². The molecule has 0 bridgehead atoms. The van der Waals surface area contributed by atoms with Gasteiger partial charge in [0.1, 0.15) is 5.56 Å². The third-order valence-electron chi connectivity index (χ3n) is 2.12. The second-order valence-electron chi connectivity index (χ2n) is 3.35. The standard InChI is InChI=1S/C12H9N3O3/c13-10(16)9-4-2-6-15-11(9)18-12(17)8-3-1-5-14-7-8/h1-7H,(H2,13,16). The van der Waals surface area contributed by atoms with Gasteiger partial charge in [0.2, 0.25) is 5.88 Å². The summed E-state index contributed by atoms with van der Waals surface area (Å²) < 4.78 is 5.00. The van der Waals surface area contributed by atoms with Crippen molar-refractivity contribution < 1.29 is 14.3 Å². The first-order valence-corrected chi connectivity index (χ1v) is 5.05. The number of ether oxygens (including phenoxy) is 1. The minimum absolute atomic E-state index is 0.0507. The number of hydrogen-bond acceptors (Lipinski definition) is 5. The molecule has 18 heavy (non-hydrogen) atoms. The molecule has 0 fully saturated rings. The van der Waals surface area contributed by atoms with Crippen molar-refractivity contribution in [2.24, 2.45) is 5.73 Å². The molecular weight excluding hydrogens is 234 g/mol. The summed E-state index contributed by atoms with van der Waals surface area (Å²) >= 11 is 0. The first kappa shape index (κ1) is 11.7. The van der Waals surface area contributed by atoms with Crippen LogP contribution >= 0.6 is 0 Å². The number of hydrogen-bond donors (Lipinski definition) is 1. The monoisotopic (exact) mass is 243 g/mol. The zero-order chi connectivity index (χ0) is 13.0. The highest BCUT2D eigenvalue weighted by Crippen LogP contribution is 2.15. The van der Waals surface area contributed by atoms with Crippen LogP contribution in [0.3, 0.4) is 0 Å². The summed E-state index contributed by atoms with van der Waals surface area (Å²) in [6, 6.07) is 6.11. The van der Waals surface area contributed by atoms with Crippen LogP contribution in [-0.2, 0) is 0 Å². The molecule has 0 saturated heterocycles.